The summed E-state index contributed by atoms with van der Waals surface area (Å²) in [5.41, 5.74) is 0.462. The minimum Gasteiger partial charge on any atom is -0.193 e. The first-order valence-corrected chi connectivity index (χ1v) is 5.60. The number of hydrogen-bond acceptors (Lipinski definition) is 1. The molecule has 0 unspecified atom stereocenters. The van der Waals surface area contributed by atoms with Crippen LogP contribution in [-0.2, 0) is 0 Å². The Morgan fingerprint density at radius 2 is 1.71 bits per heavy atom. The molecule has 0 N–H and O–H groups in total. The molecule has 0 aromatic rings. The summed E-state index contributed by atoms with van der Waals surface area (Å²) in [6.07, 6.45) is 8.90. The summed E-state index contributed by atoms with van der Waals surface area (Å²) in [7, 11) is 0. The maximum Gasteiger partial charge on any atom is 0.0908 e. The van der Waals surface area contributed by atoms with Crippen molar-refractivity contribution in [2.24, 2.45) is 17.3 Å². The number of hydrogen-bond donors (Lipinski definition) is 0. The van der Waals surface area contributed by atoms with Crippen molar-refractivity contribution in [3.05, 3.63) is 12.2 Å². The van der Waals surface area contributed by atoms with Gasteiger partial charge in [-0.05, 0) is 42.9 Å². The Labute approximate surface area is 87.8 Å². The van der Waals surface area contributed by atoms with E-state index in [2.05, 4.69) is 32.9 Å². The predicted molar refractivity (Wildman–Crippen MR) is 59.7 cm³/mol. The lowest BCUT2D eigenvalue weighted by molar-refractivity contribution is 0.163. The smallest absolute Gasteiger partial charge is 0.0908 e. The second-order valence-electron chi connectivity index (χ2n) is 5.47. The maximum absolute atomic E-state index is 8.44. The van der Waals surface area contributed by atoms with E-state index in [0.29, 0.717) is 11.3 Å². The molecule has 1 nitrogen and oxygen atoms in total. The molecule has 0 amide bonds. The molecule has 0 saturated heterocycles. The van der Waals surface area contributed by atoms with Crippen LogP contribution in [0, 0.1) is 28.6 Å². The summed E-state index contributed by atoms with van der Waals surface area (Å²) in [6, 6.07) is 2.08. The molecule has 0 atom stereocenters. The van der Waals surface area contributed by atoms with Crippen molar-refractivity contribution in [1.29, 1.82) is 5.26 Å². The summed E-state index contributed by atoms with van der Waals surface area (Å²) < 4.78 is 0. The van der Waals surface area contributed by atoms with Crippen LogP contribution in [0.1, 0.15) is 46.5 Å². The third-order valence-corrected chi connectivity index (χ3v) is 3.44. The van der Waals surface area contributed by atoms with Crippen molar-refractivity contribution in [2.75, 3.05) is 0 Å². The van der Waals surface area contributed by atoms with Crippen LogP contribution >= 0.6 is 0 Å². The molecule has 0 spiro atoms. The zero-order valence-electron chi connectivity index (χ0n) is 9.59. The fourth-order valence-electron chi connectivity index (χ4n) is 2.36. The molecule has 0 bridgehead atoms. The second kappa shape index (κ2) is 4.64. The van der Waals surface area contributed by atoms with Crippen molar-refractivity contribution in [3.63, 3.8) is 0 Å². The zero-order chi connectivity index (χ0) is 10.6. The quantitative estimate of drug-likeness (QED) is 0.576. The van der Waals surface area contributed by atoms with Gasteiger partial charge in [0.1, 0.15) is 0 Å². The van der Waals surface area contributed by atoms with E-state index >= 15 is 0 Å². The lowest BCUT2D eigenvalue weighted by atomic mass is 9.70. The Morgan fingerprint density at radius 1 is 1.14 bits per heavy atom. The van der Waals surface area contributed by atoms with Gasteiger partial charge in [-0.25, -0.2) is 0 Å². The maximum atomic E-state index is 8.44. The third kappa shape index (κ3) is 3.18. The van der Waals surface area contributed by atoms with Crippen LogP contribution < -0.4 is 0 Å². The number of allylic oxidation sites excluding steroid dienone is 2. The van der Waals surface area contributed by atoms with Gasteiger partial charge in [0.15, 0.2) is 0 Å². The first-order chi connectivity index (χ1) is 6.54. The number of nitriles is 1. The van der Waals surface area contributed by atoms with Crippen molar-refractivity contribution in [1.82, 2.24) is 0 Å². The van der Waals surface area contributed by atoms with E-state index in [4.69, 9.17) is 5.26 Å². The van der Waals surface area contributed by atoms with Gasteiger partial charge in [0.05, 0.1) is 6.07 Å². The summed E-state index contributed by atoms with van der Waals surface area (Å²) in [6.45, 7) is 7.01. The molecule has 1 aliphatic carbocycles. The van der Waals surface area contributed by atoms with E-state index < -0.39 is 0 Å². The Bertz CT molecular complexity index is 231. The highest BCUT2D eigenvalue weighted by molar-refractivity contribution is 5.04. The normalized spacial score (nSPS) is 29.0. The minimum atomic E-state index is 0.462. The molecule has 1 aliphatic rings. The molecule has 14 heavy (non-hydrogen) atoms. The molecule has 1 heteroatoms. The summed E-state index contributed by atoms with van der Waals surface area (Å²) in [5.74, 6) is 1.53. The molecule has 0 aliphatic heterocycles. The van der Waals surface area contributed by atoms with E-state index in [1.807, 2.05) is 0 Å². The number of rotatable bonds is 1. The van der Waals surface area contributed by atoms with Crippen LogP contribution in [-0.4, -0.2) is 0 Å². The van der Waals surface area contributed by atoms with Crippen LogP contribution in [0.4, 0.5) is 0 Å². The fraction of sp³-hybridized carbons (Fsp3) is 0.769. The van der Waals surface area contributed by atoms with E-state index in [0.717, 1.165) is 5.92 Å². The Hall–Kier alpha value is -0.770. The van der Waals surface area contributed by atoms with Gasteiger partial charge in [-0.15, -0.1) is 0 Å². The average Bonchev–Trinajstić information content (AvgIpc) is 2.14. The molecule has 1 fully saturated rings. The molecular formula is C13H21N. The van der Waals surface area contributed by atoms with Crippen LogP contribution in [0.5, 0.6) is 0 Å². The third-order valence-electron chi connectivity index (χ3n) is 3.44. The lowest BCUT2D eigenvalue weighted by Gasteiger charge is -2.36. The van der Waals surface area contributed by atoms with Crippen molar-refractivity contribution >= 4 is 0 Å². The largest absolute Gasteiger partial charge is 0.193 e. The van der Waals surface area contributed by atoms with E-state index in [1.165, 1.54) is 25.7 Å². The van der Waals surface area contributed by atoms with Gasteiger partial charge in [0, 0.05) is 6.08 Å². The summed E-state index contributed by atoms with van der Waals surface area (Å²) >= 11 is 0. The van der Waals surface area contributed by atoms with E-state index in [9.17, 15) is 0 Å². The van der Waals surface area contributed by atoms with Crippen molar-refractivity contribution < 1.29 is 0 Å². The van der Waals surface area contributed by atoms with Gasteiger partial charge < -0.3 is 0 Å². The summed E-state index contributed by atoms with van der Waals surface area (Å²) in [4.78, 5) is 0. The first kappa shape index (κ1) is 11.3. The lowest BCUT2D eigenvalue weighted by Crippen LogP contribution is -2.25. The average molecular weight is 191 g/mol. The number of nitrogens with zero attached hydrogens (tertiary/aromatic N) is 1. The van der Waals surface area contributed by atoms with Crippen LogP contribution in [0.15, 0.2) is 12.2 Å². The molecular weight excluding hydrogens is 170 g/mol. The van der Waals surface area contributed by atoms with Crippen LogP contribution in [0.25, 0.3) is 0 Å². The molecule has 78 valence electrons. The van der Waals surface area contributed by atoms with Crippen LogP contribution in [0.3, 0.4) is 0 Å². The molecule has 0 heterocycles. The van der Waals surface area contributed by atoms with Crippen molar-refractivity contribution in [3.8, 4) is 6.07 Å². The highest BCUT2D eigenvalue weighted by Gasteiger charge is 2.28. The van der Waals surface area contributed by atoms with Gasteiger partial charge in [0.2, 0.25) is 0 Å². The SMILES string of the molecule is CC(C)(C)C1CCC(/C=C/C#N)CC1. The van der Waals surface area contributed by atoms with E-state index in [1.54, 1.807) is 6.08 Å². The van der Waals surface area contributed by atoms with Gasteiger partial charge in [0.25, 0.3) is 0 Å². The van der Waals surface area contributed by atoms with Gasteiger partial charge in [-0.2, -0.15) is 5.26 Å². The first-order valence-electron chi connectivity index (χ1n) is 5.60. The Morgan fingerprint density at radius 3 is 2.14 bits per heavy atom. The predicted octanol–water partition coefficient (Wildman–Crippen LogP) is 3.92. The minimum absolute atomic E-state index is 0.462. The van der Waals surface area contributed by atoms with Gasteiger partial charge in [-0.3, -0.25) is 0 Å². The standard InChI is InChI=1S/C13H21N/c1-13(2,3)12-8-6-11(7-9-12)5-4-10-14/h4-5,11-12H,6-9H2,1-3H3/b5-4+. The second-order valence-corrected chi connectivity index (χ2v) is 5.47. The van der Waals surface area contributed by atoms with Gasteiger partial charge in [-0.1, -0.05) is 26.8 Å². The fourth-order valence-corrected chi connectivity index (χ4v) is 2.36. The van der Waals surface area contributed by atoms with Crippen LogP contribution in [0.2, 0.25) is 0 Å². The molecule has 0 aromatic heterocycles. The molecule has 1 saturated carbocycles. The highest BCUT2D eigenvalue weighted by Crippen LogP contribution is 2.39. The van der Waals surface area contributed by atoms with Crippen molar-refractivity contribution in [2.45, 2.75) is 46.5 Å². The molecule has 0 aromatic carbocycles. The Balaban J connectivity index is 2.40. The van der Waals surface area contributed by atoms with Gasteiger partial charge >= 0.3 is 0 Å². The highest BCUT2D eigenvalue weighted by atomic mass is 14.3. The topological polar surface area (TPSA) is 23.8 Å². The zero-order valence-corrected chi connectivity index (χ0v) is 9.59. The summed E-state index contributed by atoms with van der Waals surface area (Å²) in [5, 5.41) is 8.44. The Kier molecular flexibility index (Phi) is 3.75. The molecule has 1 rings (SSSR count). The monoisotopic (exact) mass is 191 g/mol. The van der Waals surface area contributed by atoms with E-state index in [-0.39, 0.29) is 0 Å². The molecule has 0 radical (unpaired) electrons.